The molecular weight excluding hydrogens is 394 g/mol. The zero-order chi connectivity index (χ0) is 21.9. The highest BCUT2D eigenvalue weighted by molar-refractivity contribution is 6.01. The van der Waals surface area contributed by atoms with Gasteiger partial charge < -0.3 is 19.5 Å². The molecule has 0 aliphatic carbocycles. The summed E-state index contributed by atoms with van der Waals surface area (Å²) in [5.41, 5.74) is 1.70. The van der Waals surface area contributed by atoms with Gasteiger partial charge >= 0.3 is 0 Å². The fourth-order valence-corrected chi connectivity index (χ4v) is 3.15. The Morgan fingerprint density at radius 3 is 2.68 bits per heavy atom. The lowest BCUT2D eigenvalue weighted by atomic mass is 10.1. The maximum atomic E-state index is 12.4. The Kier molecular flexibility index (Phi) is 8.47. The van der Waals surface area contributed by atoms with Crippen LogP contribution >= 0.6 is 0 Å². The van der Waals surface area contributed by atoms with Crippen LogP contribution in [0.2, 0.25) is 0 Å². The van der Waals surface area contributed by atoms with Gasteiger partial charge in [-0.05, 0) is 41.5 Å². The minimum atomic E-state index is -0.419. The smallest absolute Gasteiger partial charge is 0.262 e. The minimum Gasteiger partial charge on any atom is -0.497 e. The van der Waals surface area contributed by atoms with E-state index in [1.165, 1.54) is 0 Å². The van der Waals surface area contributed by atoms with Crippen LogP contribution in [-0.2, 0) is 16.1 Å². The molecule has 2 aromatic carbocycles. The van der Waals surface area contributed by atoms with E-state index in [0.29, 0.717) is 18.9 Å². The van der Waals surface area contributed by atoms with Crippen LogP contribution in [0.1, 0.15) is 11.1 Å². The third-order valence-corrected chi connectivity index (χ3v) is 4.93. The van der Waals surface area contributed by atoms with Gasteiger partial charge in [0.1, 0.15) is 29.7 Å². The summed E-state index contributed by atoms with van der Waals surface area (Å²) in [6.07, 6.45) is 1.57. The topological polar surface area (TPSA) is 83.8 Å². The number of carbonyl (C=O) groups excluding carboxylic acids is 1. The standard InChI is InChI=1S/C24H27N3O4/c1-29-22-7-5-19(6-8-22)18-26-24(28)21(17-25)15-20-3-2-4-23(16-20)31-14-11-27-9-12-30-13-10-27/h2-8,15-16H,9-14,18H2,1H3,(H,26,28)/b21-15+. The molecule has 0 atom stereocenters. The van der Waals surface area contributed by atoms with Crippen molar-refractivity contribution < 1.29 is 19.0 Å². The summed E-state index contributed by atoms with van der Waals surface area (Å²) in [5.74, 6) is 1.04. The van der Waals surface area contributed by atoms with Gasteiger partial charge in [-0.3, -0.25) is 9.69 Å². The number of hydrogen-bond acceptors (Lipinski definition) is 6. The lowest BCUT2D eigenvalue weighted by Gasteiger charge is -2.26. The van der Waals surface area contributed by atoms with Gasteiger partial charge in [0.2, 0.25) is 0 Å². The third kappa shape index (κ3) is 7.14. The summed E-state index contributed by atoms with van der Waals surface area (Å²) in [5, 5.41) is 12.2. The molecule has 31 heavy (non-hydrogen) atoms. The Bertz CT molecular complexity index is 929. The summed E-state index contributed by atoms with van der Waals surface area (Å²) in [6.45, 7) is 5.09. The number of nitrogens with one attached hydrogen (secondary N) is 1. The zero-order valence-corrected chi connectivity index (χ0v) is 17.7. The van der Waals surface area contributed by atoms with E-state index in [4.69, 9.17) is 14.2 Å². The average molecular weight is 421 g/mol. The fourth-order valence-electron chi connectivity index (χ4n) is 3.15. The molecule has 7 nitrogen and oxygen atoms in total. The minimum absolute atomic E-state index is 0.0407. The van der Waals surface area contributed by atoms with Gasteiger partial charge in [-0.15, -0.1) is 0 Å². The molecule has 0 spiro atoms. The fraction of sp³-hybridized carbons (Fsp3) is 0.333. The maximum absolute atomic E-state index is 12.4. The van der Waals surface area contributed by atoms with Gasteiger partial charge in [-0.25, -0.2) is 0 Å². The summed E-state index contributed by atoms with van der Waals surface area (Å²) in [6, 6.07) is 16.7. The van der Waals surface area contributed by atoms with Gasteiger partial charge in [0.15, 0.2) is 0 Å². The second-order valence-electron chi connectivity index (χ2n) is 7.08. The molecule has 162 valence electrons. The lowest BCUT2D eigenvalue weighted by molar-refractivity contribution is -0.117. The van der Waals surface area contributed by atoms with Crippen LogP contribution in [-0.4, -0.2) is 57.4 Å². The van der Waals surface area contributed by atoms with E-state index >= 15 is 0 Å². The van der Waals surface area contributed by atoms with Crippen molar-refractivity contribution in [3.8, 4) is 17.6 Å². The summed E-state index contributed by atoms with van der Waals surface area (Å²) in [7, 11) is 1.60. The largest absolute Gasteiger partial charge is 0.497 e. The monoisotopic (exact) mass is 421 g/mol. The molecular formula is C24H27N3O4. The molecule has 1 saturated heterocycles. The van der Waals surface area contributed by atoms with Gasteiger partial charge in [-0.1, -0.05) is 24.3 Å². The number of morpholine rings is 1. The van der Waals surface area contributed by atoms with Crippen molar-refractivity contribution in [2.45, 2.75) is 6.54 Å². The Hall–Kier alpha value is -3.34. The number of amides is 1. The number of rotatable bonds is 9. The van der Waals surface area contributed by atoms with Gasteiger partial charge in [-0.2, -0.15) is 5.26 Å². The van der Waals surface area contributed by atoms with E-state index in [0.717, 1.165) is 49.7 Å². The van der Waals surface area contributed by atoms with E-state index in [-0.39, 0.29) is 5.57 Å². The number of ether oxygens (including phenoxy) is 3. The molecule has 3 rings (SSSR count). The first-order valence-electron chi connectivity index (χ1n) is 10.2. The molecule has 1 aliphatic heterocycles. The molecule has 0 saturated carbocycles. The number of hydrogen-bond donors (Lipinski definition) is 1. The Balaban J connectivity index is 1.54. The zero-order valence-electron chi connectivity index (χ0n) is 17.7. The molecule has 1 amide bonds. The highest BCUT2D eigenvalue weighted by Gasteiger charge is 2.11. The van der Waals surface area contributed by atoms with Crippen molar-refractivity contribution in [1.29, 1.82) is 5.26 Å². The third-order valence-electron chi connectivity index (χ3n) is 4.93. The van der Waals surface area contributed by atoms with Crippen molar-refractivity contribution in [3.63, 3.8) is 0 Å². The van der Waals surface area contributed by atoms with Crippen molar-refractivity contribution >= 4 is 12.0 Å². The van der Waals surface area contributed by atoms with Crippen LogP contribution < -0.4 is 14.8 Å². The van der Waals surface area contributed by atoms with Crippen LogP contribution in [0.25, 0.3) is 6.08 Å². The molecule has 1 heterocycles. The number of methoxy groups -OCH3 is 1. The first kappa shape index (κ1) is 22.3. The molecule has 0 bridgehead atoms. The predicted molar refractivity (Wildman–Crippen MR) is 118 cm³/mol. The first-order valence-corrected chi connectivity index (χ1v) is 10.2. The van der Waals surface area contributed by atoms with Crippen LogP contribution in [0.5, 0.6) is 11.5 Å². The van der Waals surface area contributed by atoms with Crippen LogP contribution in [0.4, 0.5) is 0 Å². The van der Waals surface area contributed by atoms with Crippen LogP contribution in [0.3, 0.4) is 0 Å². The van der Waals surface area contributed by atoms with Crippen LogP contribution in [0.15, 0.2) is 54.1 Å². The Labute approximate surface area is 182 Å². The summed E-state index contributed by atoms with van der Waals surface area (Å²) in [4.78, 5) is 14.7. The second-order valence-corrected chi connectivity index (χ2v) is 7.08. The number of nitriles is 1. The molecule has 0 unspecified atom stereocenters. The molecule has 7 heteroatoms. The van der Waals surface area contributed by atoms with E-state index in [1.54, 1.807) is 13.2 Å². The molecule has 0 aromatic heterocycles. The molecule has 2 aromatic rings. The molecule has 1 fully saturated rings. The van der Waals surface area contributed by atoms with E-state index in [9.17, 15) is 10.1 Å². The van der Waals surface area contributed by atoms with E-state index in [1.807, 2.05) is 54.6 Å². The van der Waals surface area contributed by atoms with Crippen molar-refractivity contribution in [2.75, 3.05) is 46.6 Å². The van der Waals surface area contributed by atoms with Crippen LogP contribution in [0, 0.1) is 11.3 Å². The predicted octanol–water partition coefficient (Wildman–Crippen LogP) is 2.63. The normalized spacial score (nSPS) is 14.5. The summed E-state index contributed by atoms with van der Waals surface area (Å²) >= 11 is 0. The molecule has 1 aliphatic rings. The first-order chi connectivity index (χ1) is 15.2. The van der Waals surface area contributed by atoms with Gasteiger partial charge in [0.05, 0.1) is 20.3 Å². The number of nitrogens with zero attached hydrogens (tertiary/aromatic N) is 2. The maximum Gasteiger partial charge on any atom is 0.262 e. The second kappa shape index (κ2) is 11.7. The van der Waals surface area contributed by atoms with E-state index in [2.05, 4.69) is 10.2 Å². The average Bonchev–Trinajstić information content (AvgIpc) is 2.82. The van der Waals surface area contributed by atoms with Crippen molar-refractivity contribution in [2.24, 2.45) is 0 Å². The SMILES string of the molecule is COc1ccc(CNC(=O)/C(C#N)=C/c2cccc(OCCN3CCOCC3)c2)cc1. The quantitative estimate of drug-likeness (QED) is 0.495. The van der Waals surface area contributed by atoms with E-state index < -0.39 is 5.91 Å². The van der Waals surface area contributed by atoms with Gasteiger partial charge in [0, 0.05) is 26.2 Å². The van der Waals surface area contributed by atoms with Crippen molar-refractivity contribution in [1.82, 2.24) is 10.2 Å². The Morgan fingerprint density at radius 2 is 1.97 bits per heavy atom. The van der Waals surface area contributed by atoms with Crippen molar-refractivity contribution in [3.05, 3.63) is 65.2 Å². The Morgan fingerprint density at radius 1 is 1.19 bits per heavy atom. The number of benzene rings is 2. The highest BCUT2D eigenvalue weighted by Crippen LogP contribution is 2.16. The highest BCUT2D eigenvalue weighted by atomic mass is 16.5. The summed E-state index contributed by atoms with van der Waals surface area (Å²) < 4.78 is 16.3. The van der Waals surface area contributed by atoms with Gasteiger partial charge in [0.25, 0.3) is 5.91 Å². The molecule has 0 radical (unpaired) electrons. The molecule has 1 N–H and O–H groups in total. The number of carbonyl (C=O) groups is 1. The lowest BCUT2D eigenvalue weighted by Crippen LogP contribution is -2.38.